The van der Waals surface area contributed by atoms with Crippen LogP contribution in [-0.2, 0) is 15.1 Å². The molecule has 1 aliphatic rings. The number of hydrogen-bond donors (Lipinski definition) is 0. The molecule has 0 heterocycles. The number of ether oxygens (including phenoxy) is 2. The minimum absolute atomic E-state index is 0.0411. The SMILES string of the molecule is CO[C@H]1C=C[C@@](C)(OC)c2cccc(C)c21. The topological polar surface area (TPSA) is 18.5 Å². The molecule has 0 unspecified atom stereocenters. The maximum atomic E-state index is 5.61. The van der Waals surface area contributed by atoms with Gasteiger partial charge in [0.2, 0.25) is 0 Å². The van der Waals surface area contributed by atoms with Crippen LogP contribution in [0.25, 0.3) is 0 Å². The fourth-order valence-electron chi connectivity index (χ4n) is 2.32. The summed E-state index contributed by atoms with van der Waals surface area (Å²) in [6, 6.07) is 6.29. The zero-order valence-corrected chi connectivity index (χ0v) is 10.3. The van der Waals surface area contributed by atoms with E-state index in [4.69, 9.17) is 9.47 Å². The number of rotatable bonds is 2. The first kappa shape index (κ1) is 11.4. The van der Waals surface area contributed by atoms with Crippen LogP contribution >= 0.6 is 0 Å². The van der Waals surface area contributed by atoms with Gasteiger partial charge in [0.25, 0.3) is 0 Å². The Morgan fingerprint density at radius 2 is 2.00 bits per heavy atom. The van der Waals surface area contributed by atoms with Gasteiger partial charge in [-0.15, -0.1) is 0 Å². The fraction of sp³-hybridized carbons (Fsp3) is 0.429. The monoisotopic (exact) mass is 218 g/mol. The molecule has 0 fully saturated rings. The van der Waals surface area contributed by atoms with Crippen molar-refractivity contribution in [3.63, 3.8) is 0 Å². The number of benzene rings is 1. The van der Waals surface area contributed by atoms with Gasteiger partial charge >= 0.3 is 0 Å². The number of methoxy groups -OCH3 is 2. The van der Waals surface area contributed by atoms with E-state index < -0.39 is 0 Å². The summed E-state index contributed by atoms with van der Waals surface area (Å²) in [5, 5.41) is 0. The average Bonchev–Trinajstić information content (AvgIpc) is 2.31. The minimum atomic E-state index is -0.337. The second-order valence-electron chi connectivity index (χ2n) is 4.36. The third-order valence-electron chi connectivity index (χ3n) is 3.41. The van der Waals surface area contributed by atoms with Gasteiger partial charge in [-0.25, -0.2) is 0 Å². The summed E-state index contributed by atoms with van der Waals surface area (Å²) >= 11 is 0. The molecule has 1 aromatic carbocycles. The molecule has 0 amide bonds. The Morgan fingerprint density at radius 3 is 2.62 bits per heavy atom. The highest BCUT2D eigenvalue weighted by molar-refractivity contribution is 5.46. The molecule has 2 heteroatoms. The fourth-order valence-corrected chi connectivity index (χ4v) is 2.32. The zero-order chi connectivity index (χ0) is 11.8. The summed E-state index contributed by atoms with van der Waals surface area (Å²) < 4.78 is 11.1. The first-order chi connectivity index (χ1) is 7.62. The van der Waals surface area contributed by atoms with Gasteiger partial charge in [0.1, 0.15) is 11.7 Å². The molecule has 2 nitrogen and oxygen atoms in total. The highest BCUT2D eigenvalue weighted by Gasteiger charge is 2.32. The van der Waals surface area contributed by atoms with Crippen molar-refractivity contribution in [2.24, 2.45) is 0 Å². The van der Waals surface area contributed by atoms with Crippen molar-refractivity contribution in [2.75, 3.05) is 14.2 Å². The van der Waals surface area contributed by atoms with E-state index in [2.05, 4.69) is 44.2 Å². The quantitative estimate of drug-likeness (QED) is 0.710. The van der Waals surface area contributed by atoms with Crippen LogP contribution in [0, 0.1) is 6.92 Å². The highest BCUT2D eigenvalue weighted by Crippen LogP contribution is 2.40. The molecule has 0 radical (unpaired) electrons. The first-order valence-corrected chi connectivity index (χ1v) is 5.49. The predicted octanol–water partition coefficient (Wildman–Crippen LogP) is 3.11. The minimum Gasteiger partial charge on any atom is -0.373 e. The van der Waals surface area contributed by atoms with Crippen LogP contribution in [0.15, 0.2) is 30.4 Å². The van der Waals surface area contributed by atoms with Gasteiger partial charge in [0, 0.05) is 14.2 Å². The summed E-state index contributed by atoms with van der Waals surface area (Å²) in [5.74, 6) is 0. The normalized spacial score (nSPS) is 27.9. The molecule has 1 aliphatic carbocycles. The van der Waals surface area contributed by atoms with E-state index in [0.29, 0.717) is 0 Å². The van der Waals surface area contributed by atoms with Gasteiger partial charge in [-0.3, -0.25) is 0 Å². The summed E-state index contributed by atoms with van der Waals surface area (Å²) in [7, 11) is 3.48. The van der Waals surface area contributed by atoms with Crippen LogP contribution in [0.5, 0.6) is 0 Å². The Balaban J connectivity index is 2.63. The van der Waals surface area contributed by atoms with E-state index in [1.54, 1.807) is 14.2 Å². The molecule has 0 spiro atoms. The number of fused-ring (bicyclic) bond motifs is 1. The van der Waals surface area contributed by atoms with E-state index in [0.717, 1.165) is 0 Å². The first-order valence-electron chi connectivity index (χ1n) is 5.49. The predicted molar refractivity (Wildman–Crippen MR) is 64.4 cm³/mol. The van der Waals surface area contributed by atoms with E-state index >= 15 is 0 Å². The van der Waals surface area contributed by atoms with E-state index in [-0.39, 0.29) is 11.7 Å². The second kappa shape index (κ2) is 4.04. The molecule has 0 saturated carbocycles. The van der Waals surface area contributed by atoms with Crippen LogP contribution in [0.3, 0.4) is 0 Å². The number of aryl methyl sites for hydroxylation is 1. The lowest BCUT2D eigenvalue weighted by atomic mass is 9.82. The lowest BCUT2D eigenvalue weighted by molar-refractivity contribution is 0.0350. The van der Waals surface area contributed by atoms with E-state index in [9.17, 15) is 0 Å². The third kappa shape index (κ3) is 1.58. The molecule has 0 aromatic heterocycles. The summed E-state index contributed by atoms with van der Waals surface area (Å²) in [6.07, 6.45) is 4.18. The van der Waals surface area contributed by atoms with Crippen molar-refractivity contribution in [3.8, 4) is 0 Å². The molecule has 0 N–H and O–H groups in total. The van der Waals surface area contributed by atoms with Crippen LogP contribution < -0.4 is 0 Å². The Bertz CT molecular complexity index is 423. The standard InChI is InChI=1S/C14H18O2/c1-10-6-5-7-11-13(10)12(15-3)8-9-14(11,2)16-4/h5-9,12H,1-4H3/t12-,14+/m0/s1. The molecule has 0 saturated heterocycles. The molecule has 86 valence electrons. The smallest absolute Gasteiger partial charge is 0.108 e. The maximum Gasteiger partial charge on any atom is 0.108 e. The van der Waals surface area contributed by atoms with E-state index in [1.807, 2.05) is 0 Å². The molecule has 0 aliphatic heterocycles. The molecule has 1 aromatic rings. The lowest BCUT2D eigenvalue weighted by Gasteiger charge is -2.34. The molecular weight excluding hydrogens is 200 g/mol. The molecule has 0 bridgehead atoms. The molecular formula is C14H18O2. The van der Waals surface area contributed by atoms with Gasteiger partial charge in [0.05, 0.1) is 0 Å². The molecule has 2 rings (SSSR count). The van der Waals surface area contributed by atoms with Crippen LogP contribution in [0.2, 0.25) is 0 Å². The van der Waals surface area contributed by atoms with Crippen molar-refractivity contribution in [1.29, 1.82) is 0 Å². The Hall–Kier alpha value is -1.12. The lowest BCUT2D eigenvalue weighted by Crippen LogP contribution is -2.28. The van der Waals surface area contributed by atoms with E-state index in [1.165, 1.54) is 16.7 Å². The zero-order valence-electron chi connectivity index (χ0n) is 10.3. The van der Waals surface area contributed by atoms with Crippen LogP contribution in [0.1, 0.15) is 29.7 Å². The maximum absolute atomic E-state index is 5.61. The van der Waals surface area contributed by atoms with Crippen molar-refractivity contribution in [1.82, 2.24) is 0 Å². The van der Waals surface area contributed by atoms with Crippen molar-refractivity contribution in [2.45, 2.75) is 25.6 Å². The number of hydrogen-bond acceptors (Lipinski definition) is 2. The van der Waals surface area contributed by atoms with Gasteiger partial charge in [-0.1, -0.05) is 24.3 Å². The van der Waals surface area contributed by atoms with Crippen LogP contribution in [0.4, 0.5) is 0 Å². The van der Waals surface area contributed by atoms with Gasteiger partial charge < -0.3 is 9.47 Å². The van der Waals surface area contributed by atoms with Gasteiger partial charge in [-0.2, -0.15) is 0 Å². The summed E-state index contributed by atoms with van der Waals surface area (Å²) in [4.78, 5) is 0. The highest BCUT2D eigenvalue weighted by atomic mass is 16.5. The van der Waals surface area contributed by atoms with Crippen molar-refractivity contribution < 1.29 is 9.47 Å². The van der Waals surface area contributed by atoms with Crippen molar-refractivity contribution >= 4 is 0 Å². The summed E-state index contributed by atoms with van der Waals surface area (Å²) in [6.45, 7) is 4.19. The summed E-state index contributed by atoms with van der Waals surface area (Å²) in [5.41, 5.74) is 3.34. The second-order valence-corrected chi connectivity index (χ2v) is 4.36. The van der Waals surface area contributed by atoms with Crippen LogP contribution in [-0.4, -0.2) is 14.2 Å². The third-order valence-corrected chi connectivity index (χ3v) is 3.41. The Kier molecular flexibility index (Phi) is 2.87. The largest absolute Gasteiger partial charge is 0.373 e. The Morgan fingerprint density at radius 1 is 1.25 bits per heavy atom. The van der Waals surface area contributed by atoms with Gasteiger partial charge in [-0.05, 0) is 36.6 Å². The molecule has 16 heavy (non-hydrogen) atoms. The van der Waals surface area contributed by atoms with Crippen molar-refractivity contribution in [3.05, 3.63) is 47.0 Å². The molecule has 2 atom stereocenters. The average molecular weight is 218 g/mol. The Labute approximate surface area is 96.9 Å². The van der Waals surface area contributed by atoms with Gasteiger partial charge in [0.15, 0.2) is 0 Å².